The van der Waals surface area contributed by atoms with Gasteiger partial charge in [-0.2, -0.15) is 0 Å². The molecule has 0 radical (unpaired) electrons. The third-order valence-electron chi connectivity index (χ3n) is 17.7. The van der Waals surface area contributed by atoms with Gasteiger partial charge in [-0.3, -0.25) is 0 Å². The predicted octanol–water partition coefficient (Wildman–Crippen LogP) is 17.4. The van der Waals surface area contributed by atoms with Crippen LogP contribution in [0.4, 0.5) is 17.1 Å². The Bertz CT molecular complexity index is 4110. The van der Waals surface area contributed by atoms with E-state index in [-0.39, 0.29) is 39.2 Å². The molecule has 0 atom stereocenters. The van der Waals surface area contributed by atoms with Crippen molar-refractivity contribution in [1.82, 2.24) is 9.13 Å². The highest BCUT2D eigenvalue weighted by atomic mass is 16.5. The van der Waals surface area contributed by atoms with Crippen LogP contribution in [-0.2, 0) is 32.5 Å². The molecule has 3 aliphatic heterocycles. The Morgan fingerprint density at radius 3 is 1.58 bits per heavy atom. The lowest BCUT2D eigenvalue weighted by Crippen LogP contribution is -2.64. The molecule has 0 N–H and O–H groups in total. The first-order chi connectivity index (χ1) is 35.6. The molecular formula is C71H74BN3O. The summed E-state index contributed by atoms with van der Waals surface area (Å²) in [6.45, 7) is 39.8. The van der Waals surface area contributed by atoms with Gasteiger partial charge in [-0.25, -0.2) is 0 Å². The minimum atomic E-state index is -0.346. The Morgan fingerprint density at radius 2 is 0.921 bits per heavy atom. The number of nitrogens with zero attached hydrogens (tertiary/aromatic N) is 3. The van der Waals surface area contributed by atoms with Crippen LogP contribution in [0.1, 0.15) is 157 Å². The van der Waals surface area contributed by atoms with Gasteiger partial charge in [0, 0.05) is 49.7 Å². The molecule has 13 rings (SSSR count). The number of ether oxygens (including phenoxy) is 1. The number of fused-ring (bicyclic) bond motifs is 12. The largest absolute Gasteiger partial charge is 0.453 e. The van der Waals surface area contributed by atoms with Crippen LogP contribution in [0, 0.1) is 0 Å². The van der Waals surface area contributed by atoms with Crippen molar-refractivity contribution in [3.05, 3.63) is 178 Å². The number of hydrogen-bond donors (Lipinski definition) is 0. The van der Waals surface area contributed by atoms with Crippen molar-refractivity contribution in [2.45, 2.75) is 150 Å². The maximum Gasteiger partial charge on any atom is 0.247 e. The van der Waals surface area contributed by atoms with Gasteiger partial charge in [0.1, 0.15) is 0 Å². The van der Waals surface area contributed by atoms with Crippen molar-refractivity contribution >= 4 is 83.8 Å². The fourth-order valence-corrected chi connectivity index (χ4v) is 13.1. The highest BCUT2D eigenvalue weighted by molar-refractivity contribution is 6.99. The molecular weight excluding hydrogens is 922 g/mol. The number of aromatic nitrogens is 2. The second-order valence-corrected chi connectivity index (χ2v) is 28.4. The number of anilines is 3. The van der Waals surface area contributed by atoms with Gasteiger partial charge in [0.25, 0.3) is 0 Å². The Morgan fingerprint density at radius 1 is 0.382 bits per heavy atom. The van der Waals surface area contributed by atoms with Crippen LogP contribution in [0.15, 0.2) is 140 Å². The standard InChI is InChI=1S/C71H74BN3O/c1-66(2,3)41-23-27-47(28-24-41)74-60-40-59-50(51-32-44(69(10,11)12)36-63-65(51)75(59)57-30-26-43(68(7,8)9)35-62(57)76-63)38-55(60)72-54-37-49-48-31-42(67(4,5)6)25-29-56(48)73(46-21-19-18-20-22-46)58(49)39-52(54)71(16,17)53-33-45(70(13,14)15)34-61(74)64(53)72/h18-40H,1-17H3. The van der Waals surface area contributed by atoms with Gasteiger partial charge in [0.2, 0.25) is 6.71 Å². The van der Waals surface area contributed by atoms with Crippen molar-refractivity contribution in [1.29, 1.82) is 0 Å². The molecule has 5 heteroatoms. The molecule has 4 nitrogen and oxygen atoms in total. The predicted molar refractivity (Wildman–Crippen MR) is 327 cm³/mol. The topological polar surface area (TPSA) is 22.3 Å². The molecule has 0 saturated carbocycles. The van der Waals surface area contributed by atoms with Gasteiger partial charge in [0.05, 0.1) is 27.8 Å². The molecule has 5 heterocycles. The summed E-state index contributed by atoms with van der Waals surface area (Å²) >= 11 is 0. The van der Waals surface area contributed by atoms with E-state index in [9.17, 15) is 0 Å². The summed E-state index contributed by atoms with van der Waals surface area (Å²) in [6.07, 6.45) is 0. The molecule has 0 spiro atoms. The molecule has 10 aromatic rings. The molecule has 0 fully saturated rings. The third-order valence-corrected chi connectivity index (χ3v) is 17.7. The lowest BCUT2D eigenvalue weighted by molar-refractivity contribution is 0.469. The first kappa shape index (κ1) is 48.7. The summed E-state index contributed by atoms with van der Waals surface area (Å²) in [7, 11) is 0. The minimum absolute atomic E-state index is 0.0118. The van der Waals surface area contributed by atoms with Gasteiger partial charge >= 0.3 is 0 Å². The number of para-hydroxylation sites is 1. The summed E-state index contributed by atoms with van der Waals surface area (Å²) in [5.74, 6) is 1.82. The van der Waals surface area contributed by atoms with Crippen LogP contribution < -0.4 is 26.0 Å². The van der Waals surface area contributed by atoms with Crippen molar-refractivity contribution in [3.63, 3.8) is 0 Å². The van der Waals surface area contributed by atoms with E-state index >= 15 is 0 Å². The van der Waals surface area contributed by atoms with Gasteiger partial charge in [0.15, 0.2) is 11.5 Å². The normalized spacial score (nSPS) is 15.1. The molecule has 0 saturated heterocycles. The smallest absolute Gasteiger partial charge is 0.247 e. The second-order valence-electron chi connectivity index (χ2n) is 28.4. The third kappa shape index (κ3) is 7.09. The minimum Gasteiger partial charge on any atom is -0.453 e. The van der Waals surface area contributed by atoms with E-state index in [0.717, 1.165) is 22.7 Å². The Balaban J connectivity index is 1.20. The number of rotatable bonds is 2. The van der Waals surface area contributed by atoms with Gasteiger partial charge < -0.3 is 18.8 Å². The van der Waals surface area contributed by atoms with E-state index in [1.54, 1.807) is 0 Å². The highest BCUT2D eigenvalue weighted by Gasteiger charge is 2.48. The van der Waals surface area contributed by atoms with Gasteiger partial charge in [-0.05, 0) is 156 Å². The fraction of sp³-hybridized carbons (Fsp3) is 0.324. The summed E-state index contributed by atoms with van der Waals surface area (Å²) < 4.78 is 12.2. The zero-order valence-electron chi connectivity index (χ0n) is 48.1. The number of benzene rings is 8. The van der Waals surface area contributed by atoms with E-state index in [1.807, 2.05) is 0 Å². The fourth-order valence-electron chi connectivity index (χ4n) is 13.1. The Labute approximate surface area is 451 Å². The zero-order chi connectivity index (χ0) is 53.7. The summed E-state index contributed by atoms with van der Waals surface area (Å²) in [4.78, 5) is 2.64. The molecule has 0 amide bonds. The van der Waals surface area contributed by atoms with E-state index < -0.39 is 0 Å². The molecule has 0 unspecified atom stereocenters. The Kier molecular flexibility index (Phi) is 9.98. The molecule has 382 valence electrons. The van der Waals surface area contributed by atoms with Crippen LogP contribution in [0.25, 0.3) is 55.0 Å². The highest BCUT2D eigenvalue weighted by Crippen LogP contribution is 2.52. The average Bonchev–Trinajstić information content (AvgIpc) is 3.98. The van der Waals surface area contributed by atoms with Crippen molar-refractivity contribution in [2.24, 2.45) is 0 Å². The van der Waals surface area contributed by atoms with Crippen molar-refractivity contribution in [2.75, 3.05) is 4.90 Å². The SMILES string of the molecule is CC(C)(C)c1ccc(N2c3cc4c(cc3B3c5cc6c7cc(C(C)(C)C)ccc7n(-c7ccccc7)c6cc5C(C)(C)c5cc(C(C)(C)C)cc2c53)c2cc(C(C)(C)C)cc3c2n4-c2ccc(C(C)(C)C)cc2O3)cc1. The van der Waals surface area contributed by atoms with Gasteiger partial charge in [-0.1, -0.05) is 184 Å². The van der Waals surface area contributed by atoms with Gasteiger partial charge in [-0.15, -0.1) is 0 Å². The number of hydrogen-bond acceptors (Lipinski definition) is 2. The maximum atomic E-state index is 7.14. The van der Waals surface area contributed by atoms with Crippen LogP contribution in [0.5, 0.6) is 11.5 Å². The summed E-state index contributed by atoms with van der Waals surface area (Å²) in [6, 6.07) is 54.9. The maximum absolute atomic E-state index is 7.14. The van der Waals surface area contributed by atoms with Crippen molar-refractivity contribution in [3.8, 4) is 22.9 Å². The van der Waals surface area contributed by atoms with Crippen LogP contribution in [-0.4, -0.2) is 15.8 Å². The second kappa shape index (κ2) is 15.6. The van der Waals surface area contributed by atoms with E-state index in [1.165, 1.54) is 116 Å². The van der Waals surface area contributed by atoms with E-state index in [0.29, 0.717) is 0 Å². The van der Waals surface area contributed by atoms with Crippen LogP contribution in [0.3, 0.4) is 0 Å². The molecule has 0 aliphatic carbocycles. The molecule has 2 aromatic heterocycles. The van der Waals surface area contributed by atoms with Crippen LogP contribution >= 0.6 is 0 Å². The van der Waals surface area contributed by atoms with Crippen molar-refractivity contribution < 1.29 is 4.74 Å². The molecule has 0 bridgehead atoms. The van der Waals surface area contributed by atoms with Crippen LogP contribution in [0.2, 0.25) is 0 Å². The Hall–Kier alpha value is -6.98. The zero-order valence-corrected chi connectivity index (χ0v) is 48.1. The molecule has 3 aliphatic rings. The molecule has 76 heavy (non-hydrogen) atoms. The lowest BCUT2D eigenvalue weighted by Gasteiger charge is -2.46. The quantitative estimate of drug-likeness (QED) is 0.161. The molecule has 8 aromatic carbocycles. The summed E-state index contributed by atoms with van der Waals surface area (Å²) in [5, 5.41) is 5.07. The lowest BCUT2D eigenvalue weighted by atomic mass is 9.30. The first-order valence-corrected chi connectivity index (χ1v) is 27.9. The summed E-state index contributed by atoms with van der Waals surface area (Å²) in [5.41, 5.74) is 23.6. The average molecular weight is 996 g/mol. The monoisotopic (exact) mass is 996 g/mol. The van der Waals surface area contributed by atoms with E-state index in [4.69, 9.17) is 4.74 Å². The first-order valence-electron chi connectivity index (χ1n) is 27.9. The van der Waals surface area contributed by atoms with E-state index in [2.05, 4.69) is 271 Å².